The van der Waals surface area contributed by atoms with Crippen LogP contribution in [0.15, 0.2) is 140 Å². The topological polar surface area (TPSA) is 308 Å². The number of rotatable bonds is 14. The average molecular weight is 1280 g/mol. The van der Waals surface area contributed by atoms with E-state index in [0.29, 0.717) is 53.3 Å². The molecule has 0 saturated heterocycles. The van der Waals surface area contributed by atoms with Gasteiger partial charge in [-0.1, -0.05) is 72.7 Å². The van der Waals surface area contributed by atoms with E-state index in [0.717, 1.165) is 33.4 Å². The van der Waals surface area contributed by atoms with Crippen molar-refractivity contribution in [3.8, 4) is 80.5 Å². The molecule has 9 rings (SSSR count). The number of hydrogen-bond acceptors (Lipinski definition) is 18. The van der Waals surface area contributed by atoms with Gasteiger partial charge in [0, 0.05) is 35.0 Å². The summed E-state index contributed by atoms with van der Waals surface area (Å²) in [5.41, 5.74) is -0.776. The molecule has 0 atom stereocenters. The normalized spacial score (nSPS) is 11.6. The summed E-state index contributed by atoms with van der Waals surface area (Å²) in [5.74, 6) is -1.47. The van der Waals surface area contributed by atoms with Gasteiger partial charge in [0.25, 0.3) is 0 Å². The van der Waals surface area contributed by atoms with Crippen LogP contribution in [0.5, 0.6) is 80.5 Å². The molecule has 0 unspecified atom stereocenters. The third kappa shape index (κ3) is 19.5. The molecular formula is C75H88O18. The first-order chi connectivity index (χ1) is 43.3. The predicted molar refractivity (Wildman–Crippen MR) is 361 cm³/mol. The van der Waals surface area contributed by atoms with Crippen molar-refractivity contribution >= 4 is 67.0 Å². The van der Waals surface area contributed by atoms with Crippen LogP contribution in [0.2, 0.25) is 0 Å². The molecule has 9 aromatic rings. The van der Waals surface area contributed by atoms with Crippen LogP contribution in [0.1, 0.15) is 142 Å². The van der Waals surface area contributed by atoms with E-state index in [-0.39, 0.29) is 98.3 Å². The monoisotopic (exact) mass is 1280 g/mol. The average Bonchev–Trinajstić information content (AvgIpc) is 0.841. The number of phenols is 10. The first-order valence-corrected chi connectivity index (χ1v) is 30.5. The zero-order valence-corrected chi connectivity index (χ0v) is 55.6. The van der Waals surface area contributed by atoms with E-state index in [1.54, 1.807) is 70.2 Å². The van der Waals surface area contributed by atoms with Gasteiger partial charge in [-0.3, -0.25) is 19.2 Å². The van der Waals surface area contributed by atoms with E-state index < -0.39 is 21.7 Å². The molecule has 0 amide bonds. The van der Waals surface area contributed by atoms with Crippen LogP contribution in [-0.4, -0.2) is 74.9 Å². The van der Waals surface area contributed by atoms with Crippen LogP contribution in [0.4, 0.5) is 0 Å². The molecule has 0 bridgehead atoms. The summed E-state index contributed by atoms with van der Waals surface area (Å²) >= 11 is 0. The van der Waals surface area contributed by atoms with Gasteiger partial charge in [-0.15, -0.1) is 0 Å². The summed E-state index contributed by atoms with van der Waals surface area (Å²) in [6.45, 7) is 28.8. The Morgan fingerprint density at radius 2 is 0.667 bits per heavy atom. The van der Waals surface area contributed by atoms with Crippen molar-refractivity contribution in [1.82, 2.24) is 0 Å². The highest BCUT2D eigenvalue weighted by Gasteiger charge is 2.31. The third-order valence-corrected chi connectivity index (χ3v) is 16.8. The van der Waals surface area contributed by atoms with Gasteiger partial charge in [-0.2, -0.15) is 0 Å². The van der Waals surface area contributed by atoms with E-state index in [1.165, 1.54) is 72.3 Å². The minimum Gasteiger partial charge on any atom is -0.508 e. The lowest BCUT2D eigenvalue weighted by molar-refractivity contribution is -0.144. The molecule has 10 N–H and O–H groups in total. The number of hydrogen-bond donors (Lipinski definition) is 10. The highest BCUT2D eigenvalue weighted by molar-refractivity contribution is 6.00. The Bertz CT molecular complexity index is 4140. The minimum atomic E-state index is -0.582. The molecular weight excluding hydrogens is 1190 g/mol. The van der Waals surface area contributed by atoms with Gasteiger partial charge in [-0.25, -0.2) is 0 Å². The summed E-state index contributed by atoms with van der Waals surface area (Å²) in [5, 5.41) is 101. The largest absolute Gasteiger partial charge is 0.508 e. The molecule has 9 aromatic carbocycles. The Hall–Kier alpha value is -10.1. The fraction of sp³-hybridized carbons (Fsp3) is 0.333. The molecule has 18 nitrogen and oxygen atoms in total. The number of esters is 4. The van der Waals surface area contributed by atoms with Gasteiger partial charge in [0.05, 0.1) is 21.7 Å². The lowest BCUT2D eigenvalue weighted by Gasteiger charge is -2.23. The number of phenolic OH excluding ortho intramolecular Hbond substituents is 10. The fourth-order valence-corrected chi connectivity index (χ4v) is 8.09. The maximum Gasteiger partial charge on any atom is 0.316 e. The van der Waals surface area contributed by atoms with Gasteiger partial charge in [0.15, 0.2) is 34.5 Å². The summed E-state index contributed by atoms with van der Waals surface area (Å²) < 4.78 is 21.0. The van der Waals surface area contributed by atoms with Gasteiger partial charge in [-0.05, 0) is 222 Å². The molecule has 18 heteroatoms. The second kappa shape index (κ2) is 30.3. The molecule has 0 fully saturated rings. The van der Waals surface area contributed by atoms with Gasteiger partial charge >= 0.3 is 23.9 Å². The van der Waals surface area contributed by atoms with Crippen LogP contribution >= 0.6 is 0 Å². The second-order valence-electron chi connectivity index (χ2n) is 25.8. The van der Waals surface area contributed by atoms with Crippen LogP contribution in [0, 0.1) is 21.7 Å². The van der Waals surface area contributed by atoms with E-state index in [9.17, 15) is 65.1 Å². The smallest absolute Gasteiger partial charge is 0.316 e. The SMILES string of the molecule is CCC(C)(C)C(=O)Oc1cc(O)cc(O)c1.CCC(C)(C)C(=O)Oc1ccc(O)c(O)c1.CCC(C)(C)C(=O)Oc1ccc(O)c2cc(O)ccc12.CCC(C)(C)C(=O)Oc1ccc2cc(O)c(O)cc2c1.CCC(C)(C)c1ccc2cc3cc(O)c(O)cc3cc2c1. The molecule has 0 radical (unpaired) electrons. The lowest BCUT2D eigenvalue weighted by atomic mass is 9.81. The molecule has 0 aliphatic rings. The Morgan fingerprint density at radius 3 is 1.14 bits per heavy atom. The number of aromatic hydroxyl groups is 10. The lowest BCUT2D eigenvalue weighted by Crippen LogP contribution is -2.28. The van der Waals surface area contributed by atoms with Crippen LogP contribution in [0.3, 0.4) is 0 Å². The minimum absolute atomic E-state index is 0.0328. The maximum atomic E-state index is 12.1. The summed E-state index contributed by atoms with van der Waals surface area (Å²) in [6.07, 6.45) is 3.75. The molecule has 0 saturated carbocycles. The summed E-state index contributed by atoms with van der Waals surface area (Å²) in [6, 6.07) is 37.0. The van der Waals surface area contributed by atoms with Gasteiger partial charge in [0.1, 0.15) is 46.0 Å². The number of fused-ring (bicyclic) bond motifs is 4. The van der Waals surface area contributed by atoms with Crippen molar-refractivity contribution in [3.05, 3.63) is 145 Å². The highest BCUT2D eigenvalue weighted by Crippen LogP contribution is 2.39. The van der Waals surface area contributed by atoms with Crippen molar-refractivity contribution in [1.29, 1.82) is 0 Å². The van der Waals surface area contributed by atoms with Gasteiger partial charge < -0.3 is 70.0 Å². The number of carbonyl (C=O) groups is 4. The standard InChI is InChI=1S/C19H20O2.2C16H18O4.2C12H16O4/c1-4-19(2,3)16-6-5-12-7-14-10-17(20)18(21)11-15(14)8-13(12)9-16;1-4-16(2,3)15(19)20-12-6-5-10-8-13(17)14(18)9-11(10)7-12;1-4-16(2,3)15(19)20-14-8-7-13(18)12-9-10(17)5-6-11(12)14;1-4-12(2,3)11(15)16-10-6-8(13)5-9(14)7-10;1-4-12(2,3)11(15)16-8-5-6-9(13)10(14)7-8/h5-11,20-21H,4H2,1-3H3;2*5-9,17-18H,4H2,1-3H3;2*5-7,13-14H,4H2,1-3H3. The molecule has 496 valence electrons. The first kappa shape index (κ1) is 73.6. The molecule has 0 aromatic heterocycles. The Morgan fingerprint density at radius 1 is 0.290 bits per heavy atom. The van der Waals surface area contributed by atoms with Crippen molar-refractivity contribution in [2.24, 2.45) is 21.7 Å². The Balaban J connectivity index is 0.000000212. The summed E-state index contributed by atoms with van der Waals surface area (Å²) in [7, 11) is 0. The van der Waals surface area contributed by atoms with Crippen molar-refractivity contribution in [3.63, 3.8) is 0 Å². The number of benzene rings is 9. The van der Waals surface area contributed by atoms with Crippen molar-refractivity contribution < 1.29 is 89.2 Å². The third-order valence-electron chi connectivity index (χ3n) is 16.8. The van der Waals surface area contributed by atoms with E-state index in [2.05, 4.69) is 45.0 Å². The molecule has 0 spiro atoms. The zero-order valence-electron chi connectivity index (χ0n) is 55.6. The summed E-state index contributed by atoms with van der Waals surface area (Å²) in [4.78, 5) is 47.5. The van der Waals surface area contributed by atoms with E-state index in [4.69, 9.17) is 24.1 Å². The van der Waals surface area contributed by atoms with Gasteiger partial charge in [0.2, 0.25) is 0 Å². The van der Waals surface area contributed by atoms with Crippen LogP contribution in [0.25, 0.3) is 43.1 Å². The second-order valence-corrected chi connectivity index (χ2v) is 25.8. The Labute approximate surface area is 542 Å². The Kier molecular flexibility index (Phi) is 24.0. The van der Waals surface area contributed by atoms with Crippen molar-refractivity contribution in [2.75, 3.05) is 0 Å². The van der Waals surface area contributed by atoms with Crippen molar-refractivity contribution in [2.45, 2.75) is 141 Å². The highest BCUT2D eigenvalue weighted by atomic mass is 16.6. The van der Waals surface area contributed by atoms with Crippen LogP contribution in [-0.2, 0) is 24.6 Å². The maximum absolute atomic E-state index is 12.1. The quantitative estimate of drug-likeness (QED) is 0.0209. The van der Waals surface area contributed by atoms with E-state index >= 15 is 0 Å². The molecule has 93 heavy (non-hydrogen) atoms. The van der Waals surface area contributed by atoms with Crippen LogP contribution < -0.4 is 18.9 Å². The number of ether oxygens (including phenoxy) is 4. The first-order valence-electron chi connectivity index (χ1n) is 30.5. The van der Waals surface area contributed by atoms with E-state index in [1.807, 2.05) is 61.5 Å². The zero-order chi connectivity index (χ0) is 69.7. The fourth-order valence-electron chi connectivity index (χ4n) is 8.09. The molecule has 0 aliphatic carbocycles. The molecule has 0 heterocycles. The number of carbonyl (C=O) groups excluding carboxylic acids is 4. The predicted octanol–water partition coefficient (Wildman–Crippen LogP) is 17.2. The molecule has 0 aliphatic heterocycles.